The second kappa shape index (κ2) is 2.60. The van der Waals surface area contributed by atoms with Crippen molar-refractivity contribution >= 4 is 15.9 Å². The topological polar surface area (TPSA) is 39.2 Å². The van der Waals surface area contributed by atoms with E-state index in [4.69, 9.17) is 10.2 Å². The van der Waals surface area contributed by atoms with Crippen LogP contribution in [0.1, 0.15) is 25.5 Å². The maximum Gasteiger partial charge on any atom is 0.169 e. The number of rotatable bonds is 2. The molecule has 0 radical (unpaired) electrons. The van der Waals surface area contributed by atoms with Gasteiger partial charge in [-0.2, -0.15) is 0 Å². The number of nitrogens with two attached hydrogens (primary N) is 1. The molecule has 66 valence electrons. The zero-order chi connectivity index (χ0) is 8.77. The average Bonchev–Trinajstić information content (AvgIpc) is 2.75. The maximum absolute atomic E-state index is 6.14. The fraction of sp³-hybridized carbons (Fsp3) is 0.556. The van der Waals surface area contributed by atoms with Crippen molar-refractivity contribution in [2.75, 3.05) is 0 Å². The van der Waals surface area contributed by atoms with Crippen LogP contribution in [0.2, 0.25) is 0 Å². The van der Waals surface area contributed by atoms with Gasteiger partial charge in [0.05, 0.1) is 5.54 Å². The first-order valence-corrected chi connectivity index (χ1v) is 4.94. The lowest BCUT2D eigenvalue weighted by molar-refractivity contribution is 0.324. The summed E-state index contributed by atoms with van der Waals surface area (Å²) in [5.41, 5.74) is 5.87. The van der Waals surface area contributed by atoms with Crippen molar-refractivity contribution in [2.45, 2.75) is 25.3 Å². The summed E-state index contributed by atoms with van der Waals surface area (Å²) in [6, 6.07) is 3.84. The fourth-order valence-electron chi connectivity index (χ4n) is 1.49. The predicted molar refractivity (Wildman–Crippen MR) is 50.7 cm³/mol. The zero-order valence-corrected chi connectivity index (χ0v) is 8.60. The maximum atomic E-state index is 6.14. The molecule has 1 aromatic heterocycles. The third kappa shape index (κ3) is 1.31. The summed E-state index contributed by atoms with van der Waals surface area (Å²) < 4.78 is 6.20. The lowest BCUT2D eigenvalue weighted by Gasteiger charge is -2.21. The van der Waals surface area contributed by atoms with E-state index in [-0.39, 0.29) is 5.54 Å². The van der Waals surface area contributed by atoms with E-state index in [1.54, 1.807) is 0 Å². The van der Waals surface area contributed by atoms with Gasteiger partial charge in [-0.1, -0.05) is 0 Å². The van der Waals surface area contributed by atoms with E-state index in [0.29, 0.717) is 5.92 Å². The Morgan fingerprint density at radius 3 is 2.67 bits per heavy atom. The van der Waals surface area contributed by atoms with Crippen molar-refractivity contribution in [3.05, 3.63) is 22.6 Å². The van der Waals surface area contributed by atoms with Gasteiger partial charge >= 0.3 is 0 Å². The first-order valence-electron chi connectivity index (χ1n) is 4.15. The fourth-order valence-corrected chi connectivity index (χ4v) is 1.79. The third-order valence-electron chi connectivity index (χ3n) is 2.53. The van der Waals surface area contributed by atoms with E-state index in [0.717, 1.165) is 10.4 Å². The molecule has 3 heteroatoms. The molecule has 2 N–H and O–H groups in total. The van der Waals surface area contributed by atoms with E-state index in [1.807, 2.05) is 19.1 Å². The first kappa shape index (κ1) is 8.32. The van der Waals surface area contributed by atoms with Gasteiger partial charge in [0.2, 0.25) is 0 Å². The molecule has 0 bridgehead atoms. The summed E-state index contributed by atoms with van der Waals surface area (Å²) in [7, 11) is 0. The lowest BCUT2D eigenvalue weighted by Crippen LogP contribution is -2.34. The number of furan rings is 1. The van der Waals surface area contributed by atoms with Gasteiger partial charge in [-0.05, 0) is 53.7 Å². The molecular formula is C9H12BrNO. The Hall–Kier alpha value is -0.280. The lowest BCUT2D eigenvalue weighted by atomic mass is 9.94. The summed E-state index contributed by atoms with van der Waals surface area (Å²) in [6.07, 6.45) is 2.45. The SMILES string of the molecule is CC(N)(c1ccc(Br)o1)C1CC1. The van der Waals surface area contributed by atoms with Crippen molar-refractivity contribution in [2.24, 2.45) is 11.7 Å². The van der Waals surface area contributed by atoms with Gasteiger partial charge in [-0.25, -0.2) is 0 Å². The molecule has 0 saturated heterocycles. The summed E-state index contributed by atoms with van der Waals surface area (Å²) in [5.74, 6) is 1.49. The Labute approximate surface area is 80.3 Å². The first-order chi connectivity index (χ1) is 5.60. The normalized spacial score (nSPS) is 22.2. The van der Waals surface area contributed by atoms with Gasteiger partial charge < -0.3 is 10.2 Å². The van der Waals surface area contributed by atoms with E-state index < -0.39 is 0 Å². The highest BCUT2D eigenvalue weighted by molar-refractivity contribution is 9.10. The second-order valence-corrected chi connectivity index (χ2v) is 4.44. The van der Waals surface area contributed by atoms with Gasteiger partial charge in [0.15, 0.2) is 4.67 Å². The van der Waals surface area contributed by atoms with Crippen LogP contribution in [-0.4, -0.2) is 0 Å². The Bertz CT molecular complexity index is 288. The predicted octanol–water partition coefficient (Wildman–Crippen LogP) is 2.63. The summed E-state index contributed by atoms with van der Waals surface area (Å²) >= 11 is 3.27. The van der Waals surface area contributed by atoms with Crippen LogP contribution in [0, 0.1) is 5.92 Å². The Morgan fingerprint density at radius 1 is 1.58 bits per heavy atom. The van der Waals surface area contributed by atoms with Crippen LogP contribution in [0.3, 0.4) is 0 Å². The molecule has 0 aromatic carbocycles. The molecule has 1 saturated carbocycles. The third-order valence-corrected chi connectivity index (χ3v) is 2.96. The molecule has 1 unspecified atom stereocenters. The second-order valence-electron chi connectivity index (χ2n) is 3.66. The standard InChI is InChI=1S/C9H12BrNO/c1-9(11,6-2-3-6)7-4-5-8(10)12-7/h4-6H,2-3,11H2,1H3. The highest BCUT2D eigenvalue weighted by Crippen LogP contribution is 2.44. The molecule has 2 rings (SSSR count). The van der Waals surface area contributed by atoms with Crippen LogP contribution in [0.4, 0.5) is 0 Å². The van der Waals surface area contributed by atoms with Crippen LogP contribution in [0.5, 0.6) is 0 Å². The minimum Gasteiger partial charge on any atom is -0.452 e. The number of hydrogen-bond donors (Lipinski definition) is 1. The minimum absolute atomic E-state index is 0.272. The molecular weight excluding hydrogens is 218 g/mol. The smallest absolute Gasteiger partial charge is 0.169 e. The van der Waals surface area contributed by atoms with Crippen molar-refractivity contribution in [1.29, 1.82) is 0 Å². The molecule has 1 aliphatic carbocycles. The van der Waals surface area contributed by atoms with Crippen LogP contribution in [-0.2, 0) is 5.54 Å². The van der Waals surface area contributed by atoms with E-state index in [9.17, 15) is 0 Å². The Kier molecular flexibility index (Phi) is 1.81. The summed E-state index contributed by atoms with van der Waals surface area (Å²) in [5, 5.41) is 0. The molecule has 1 aromatic rings. The minimum atomic E-state index is -0.272. The Morgan fingerprint density at radius 2 is 2.25 bits per heavy atom. The van der Waals surface area contributed by atoms with Crippen LogP contribution < -0.4 is 5.73 Å². The van der Waals surface area contributed by atoms with Crippen LogP contribution in [0.25, 0.3) is 0 Å². The monoisotopic (exact) mass is 229 g/mol. The van der Waals surface area contributed by atoms with Gasteiger partial charge in [0.25, 0.3) is 0 Å². The number of halogens is 1. The van der Waals surface area contributed by atoms with Crippen LogP contribution in [0.15, 0.2) is 21.2 Å². The van der Waals surface area contributed by atoms with Crippen molar-refractivity contribution < 1.29 is 4.42 Å². The van der Waals surface area contributed by atoms with E-state index in [2.05, 4.69) is 15.9 Å². The van der Waals surface area contributed by atoms with Crippen LogP contribution >= 0.6 is 15.9 Å². The van der Waals surface area contributed by atoms with E-state index in [1.165, 1.54) is 12.8 Å². The average molecular weight is 230 g/mol. The molecule has 0 aliphatic heterocycles. The molecule has 1 fully saturated rings. The van der Waals surface area contributed by atoms with Crippen molar-refractivity contribution in [3.8, 4) is 0 Å². The van der Waals surface area contributed by atoms with E-state index >= 15 is 0 Å². The van der Waals surface area contributed by atoms with Crippen molar-refractivity contribution in [1.82, 2.24) is 0 Å². The molecule has 1 atom stereocenters. The summed E-state index contributed by atoms with van der Waals surface area (Å²) in [6.45, 7) is 2.04. The zero-order valence-electron chi connectivity index (χ0n) is 7.01. The van der Waals surface area contributed by atoms with Gasteiger partial charge in [-0.3, -0.25) is 0 Å². The van der Waals surface area contributed by atoms with Gasteiger partial charge in [-0.15, -0.1) is 0 Å². The summed E-state index contributed by atoms with van der Waals surface area (Å²) in [4.78, 5) is 0. The molecule has 12 heavy (non-hydrogen) atoms. The van der Waals surface area contributed by atoms with Crippen molar-refractivity contribution in [3.63, 3.8) is 0 Å². The molecule has 0 spiro atoms. The molecule has 2 nitrogen and oxygen atoms in total. The molecule has 1 aliphatic rings. The molecule has 0 amide bonds. The largest absolute Gasteiger partial charge is 0.452 e. The van der Waals surface area contributed by atoms with Gasteiger partial charge in [0, 0.05) is 0 Å². The highest BCUT2D eigenvalue weighted by Gasteiger charge is 2.41. The van der Waals surface area contributed by atoms with Gasteiger partial charge in [0.1, 0.15) is 5.76 Å². The number of hydrogen-bond acceptors (Lipinski definition) is 2. The Balaban J connectivity index is 2.27. The quantitative estimate of drug-likeness (QED) is 0.848. The highest BCUT2D eigenvalue weighted by atomic mass is 79.9. The molecule has 1 heterocycles.